The van der Waals surface area contributed by atoms with E-state index in [2.05, 4.69) is 10.3 Å². The Morgan fingerprint density at radius 3 is 2.95 bits per heavy atom. The fraction of sp³-hybridized carbons (Fsp3) is 0.462. The van der Waals surface area contributed by atoms with E-state index in [1.807, 2.05) is 11.6 Å². The van der Waals surface area contributed by atoms with Gasteiger partial charge in [-0.2, -0.15) is 5.10 Å². The molecule has 0 spiro atoms. The average Bonchev–Trinajstić information content (AvgIpc) is 2.98. The van der Waals surface area contributed by atoms with Crippen LogP contribution in [0.2, 0.25) is 0 Å². The maximum absolute atomic E-state index is 11.2. The average molecular weight is 274 g/mol. The highest BCUT2D eigenvalue weighted by Gasteiger charge is 2.32. The van der Waals surface area contributed by atoms with Gasteiger partial charge in [-0.15, -0.1) is 0 Å². The molecule has 104 valence electrons. The van der Waals surface area contributed by atoms with Crippen LogP contribution in [0.25, 0.3) is 11.4 Å². The predicted octanol–water partition coefficient (Wildman–Crippen LogP) is 1.44. The van der Waals surface area contributed by atoms with Gasteiger partial charge in [0.25, 0.3) is 0 Å². The van der Waals surface area contributed by atoms with Gasteiger partial charge >= 0.3 is 6.09 Å². The van der Waals surface area contributed by atoms with Crippen LogP contribution >= 0.6 is 0 Å². The summed E-state index contributed by atoms with van der Waals surface area (Å²) in [7, 11) is 0. The zero-order valence-electron chi connectivity index (χ0n) is 11.1. The van der Waals surface area contributed by atoms with Crippen molar-refractivity contribution < 1.29 is 14.4 Å². The molecule has 0 bridgehead atoms. The van der Waals surface area contributed by atoms with Crippen LogP contribution in [0.1, 0.15) is 22.6 Å². The number of nitrogens with zero attached hydrogens (tertiary/aromatic N) is 4. The topological polar surface area (TPSA) is 84.4 Å². The van der Waals surface area contributed by atoms with Gasteiger partial charge in [0.05, 0.1) is 17.9 Å². The first-order chi connectivity index (χ1) is 9.65. The number of carboxylic acid groups (broad SMARTS) is 1. The highest BCUT2D eigenvalue weighted by Crippen LogP contribution is 2.36. The number of aryl methyl sites for hydroxylation is 2. The second kappa shape index (κ2) is 3.84. The fourth-order valence-corrected chi connectivity index (χ4v) is 3.11. The Bertz CT molecular complexity index is 716. The molecule has 1 N–H and O–H groups in total. The maximum atomic E-state index is 11.2. The van der Waals surface area contributed by atoms with Crippen LogP contribution in [0.15, 0.2) is 4.52 Å². The predicted molar refractivity (Wildman–Crippen MR) is 68.3 cm³/mol. The molecule has 0 saturated heterocycles. The van der Waals surface area contributed by atoms with Crippen LogP contribution in [0.4, 0.5) is 4.79 Å². The molecule has 4 heterocycles. The molecule has 0 aliphatic carbocycles. The third-order valence-corrected chi connectivity index (χ3v) is 4.15. The highest BCUT2D eigenvalue weighted by molar-refractivity contribution is 5.70. The monoisotopic (exact) mass is 274 g/mol. The summed E-state index contributed by atoms with van der Waals surface area (Å²) in [6, 6.07) is 0. The molecule has 7 heteroatoms. The molecule has 2 aromatic heterocycles. The molecule has 2 aliphatic heterocycles. The summed E-state index contributed by atoms with van der Waals surface area (Å²) in [5.41, 5.74) is 4.85. The van der Waals surface area contributed by atoms with Crippen molar-refractivity contribution in [2.45, 2.75) is 32.9 Å². The van der Waals surface area contributed by atoms with Crippen molar-refractivity contribution in [1.82, 2.24) is 19.8 Å². The second-order valence-electron chi connectivity index (χ2n) is 5.27. The van der Waals surface area contributed by atoms with E-state index in [9.17, 15) is 4.79 Å². The molecule has 0 radical (unpaired) electrons. The minimum Gasteiger partial charge on any atom is -0.465 e. The molecule has 4 rings (SSSR count). The molecule has 0 unspecified atom stereocenters. The van der Waals surface area contributed by atoms with Crippen LogP contribution in [-0.4, -0.2) is 37.6 Å². The molecule has 0 saturated carbocycles. The Morgan fingerprint density at radius 2 is 2.15 bits per heavy atom. The number of rotatable bonds is 0. The molecule has 2 aromatic rings. The number of hydrogen-bond acceptors (Lipinski definition) is 4. The summed E-state index contributed by atoms with van der Waals surface area (Å²) < 4.78 is 7.23. The minimum atomic E-state index is -0.886. The van der Waals surface area contributed by atoms with Gasteiger partial charge in [-0.05, 0) is 13.3 Å². The van der Waals surface area contributed by atoms with Crippen LogP contribution in [-0.2, 0) is 25.9 Å². The Morgan fingerprint density at radius 1 is 1.30 bits per heavy atom. The SMILES string of the molecule is Cc1onc2c1CCn1nc3c(c1-2)CN(C(=O)O)CC3. The van der Waals surface area contributed by atoms with Crippen molar-refractivity contribution in [3.63, 3.8) is 0 Å². The van der Waals surface area contributed by atoms with E-state index in [1.165, 1.54) is 4.90 Å². The standard InChI is InChI=1S/C13H14N4O3/c1-7-8-2-5-17-12(11(8)15-20-7)9-6-16(13(18)19)4-3-10(9)14-17/h2-6H2,1H3,(H,18,19). The van der Waals surface area contributed by atoms with Gasteiger partial charge in [-0.3, -0.25) is 4.68 Å². The summed E-state index contributed by atoms with van der Waals surface area (Å²) in [4.78, 5) is 12.6. The van der Waals surface area contributed by atoms with Gasteiger partial charge in [-0.25, -0.2) is 4.79 Å². The van der Waals surface area contributed by atoms with Crippen molar-refractivity contribution in [2.75, 3.05) is 6.54 Å². The van der Waals surface area contributed by atoms with Gasteiger partial charge < -0.3 is 14.5 Å². The van der Waals surface area contributed by atoms with E-state index in [0.29, 0.717) is 19.5 Å². The zero-order chi connectivity index (χ0) is 13.9. The van der Waals surface area contributed by atoms with E-state index in [0.717, 1.165) is 46.9 Å². The van der Waals surface area contributed by atoms with Crippen LogP contribution in [0, 0.1) is 6.92 Å². The molecule has 2 aliphatic rings. The van der Waals surface area contributed by atoms with Gasteiger partial charge in [0.2, 0.25) is 0 Å². The third-order valence-electron chi connectivity index (χ3n) is 4.15. The molecule has 7 nitrogen and oxygen atoms in total. The summed E-state index contributed by atoms with van der Waals surface area (Å²) in [6.07, 6.45) is 0.636. The molecular formula is C13H14N4O3. The van der Waals surface area contributed by atoms with Crippen molar-refractivity contribution in [2.24, 2.45) is 0 Å². The number of fused-ring (bicyclic) bond motifs is 5. The van der Waals surface area contributed by atoms with E-state index >= 15 is 0 Å². The van der Waals surface area contributed by atoms with Gasteiger partial charge in [0.15, 0.2) is 0 Å². The Labute approximate surface area is 114 Å². The number of carbonyl (C=O) groups is 1. The van der Waals surface area contributed by atoms with Crippen molar-refractivity contribution >= 4 is 6.09 Å². The second-order valence-corrected chi connectivity index (χ2v) is 5.27. The normalized spacial score (nSPS) is 16.6. The Hall–Kier alpha value is -2.31. The zero-order valence-corrected chi connectivity index (χ0v) is 11.1. The lowest BCUT2D eigenvalue weighted by Crippen LogP contribution is -2.34. The minimum absolute atomic E-state index is 0.380. The Balaban J connectivity index is 1.87. The highest BCUT2D eigenvalue weighted by atomic mass is 16.5. The van der Waals surface area contributed by atoms with Gasteiger partial charge in [0.1, 0.15) is 11.5 Å². The number of hydrogen-bond donors (Lipinski definition) is 1. The fourth-order valence-electron chi connectivity index (χ4n) is 3.11. The van der Waals surface area contributed by atoms with E-state index < -0.39 is 6.09 Å². The lowest BCUT2D eigenvalue weighted by molar-refractivity contribution is 0.140. The summed E-state index contributed by atoms with van der Waals surface area (Å²) >= 11 is 0. The first-order valence-electron chi connectivity index (χ1n) is 6.67. The van der Waals surface area contributed by atoms with E-state index in [-0.39, 0.29) is 0 Å². The van der Waals surface area contributed by atoms with Crippen LogP contribution in [0.3, 0.4) is 0 Å². The van der Waals surface area contributed by atoms with Crippen molar-refractivity contribution in [3.05, 3.63) is 22.6 Å². The molecule has 1 amide bonds. The molecule has 20 heavy (non-hydrogen) atoms. The lowest BCUT2D eigenvalue weighted by Gasteiger charge is -2.24. The van der Waals surface area contributed by atoms with Crippen molar-refractivity contribution in [1.29, 1.82) is 0 Å². The first-order valence-corrected chi connectivity index (χ1v) is 6.67. The summed E-state index contributed by atoms with van der Waals surface area (Å²) in [6.45, 7) is 3.59. The third kappa shape index (κ3) is 1.43. The van der Waals surface area contributed by atoms with E-state index in [4.69, 9.17) is 9.63 Å². The lowest BCUT2D eigenvalue weighted by atomic mass is 9.98. The number of amides is 1. The van der Waals surface area contributed by atoms with E-state index in [1.54, 1.807) is 0 Å². The van der Waals surface area contributed by atoms with Crippen LogP contribution in [0.5, 0.6) is 0 Å². The van der Waals surface area contributed by atoms with Gasteiger partial charge in [0, 0.05) is 30.6 Å². The molecular weight excluding hydrogens is 260 g/mol. The molecule has 0 aromatic carbocycles. The maximum Gasteiger partial charge on any atom is 0.407 e. The largest absolute Gasteiger partial charge is 0.465 e. The molecule has 0 fully saturated rings. The van der Waals surface area contributed by atoms with Crippen LogP contribution < -0.4 is 0 Å². The summed E-state index contributed by atoms with van der Waals surface area (Å²) in [5, 5.41) is 17.9. The smallest absolute Gasteiger partial charge is 0.407 e. The Kier molecular flexibility index (Phi) is 2.21. The van der Waals surface area contributed by atoms with Crippen molar-refractivity contribution in [3.8, 4) is 11.4 Å². The van der Waals surface area contributed by atoms with Gasteiger partial charge in [-0.1, -0.05) is 5.16 Å². The molecule has 0 atom stereocenters. The quantitative estimate of drug-likeness (QED) is 0.785. The summed E-state index contributed by atoms with van der Waals surface area (Å²) in [5.74, 6) is 0.840. The first kappa shape index (κ1) is 11.5. The number of aromatic nitrogens is 3.